The Morgan fingerprint density at radius 2 is 1.34 bits per heavy atom. The molecule has 4 rings (SSSR count). The monoisotopic (exact) mass is 1470 g/mol. The summed E-state index contributed by atoms with van der Waals surface area (Å²) < 4.78 is 39.7. The largest absolute Gasteiger partial charge is 0.710 e. The van der Waals surface area contributed by atoms with Gasteiger partial charge in [-0.05, 0) is 23.5 Å². The predicted octanol–water partition coefficient (Wildman–Crippen LogP) is 5.19. The number of alkyl halides is 3. The van der Waals surface area contributed by atoms with Gasteiger partial charge in [-0.25, -0.2) is 0 Å². The summed E-state index contributed by atoms with van der Waals surface area (Å²) in [7, 11) is 7.39. The second-order valence-corrected chi connectivity index (χ2v) is 7.58. The van der Waals surface area contributed by atoms with Gasteiger partial charge in [0, 0.05) is 378 Å². The van der Waals surface area contributed by atoms with Crippen LogP contribution in [0.3, 0.4) is 0 Å². The van der Waals surface area contributed by atoms with Crippen LogP contribution in [-0.4, -0.2) is 31.4 Å². The number of hydrogen-bond donors (Lipinski definition) is 1. The zero-order valence-corrected chi connectivity index (χ0v) is 56.0. The molecule has 4 aromatic rings. The Labute approximate surface area is 549 Å². The van der Waals surface area contributed by atoms with E-state index in [0.29, 0.717) is 22.7 Å². The number of carboxylic acid groups (broad SMARTS) is 1. The molecular formula is C25H17F3N5O3Y11-5. The number of carbonyl (C=O) groups excluding carboxylic acids is 1. The Bertz CT molecular complexity index is 1450. The number of imidazole rings is 1. The minimum atomic E-state index is -4.49. The van der Waals surface area contributed by atoms with E-state index in [1.807, 2.05) is 0 Å². The molecule has 0 saturated carbocycles. The maximum Gasteiger partial charge on any atom is 0.416 e. The second-order valence-electron chi connectivity index (χ2n) is 7.58. The van der Waals surface area contributed by atoms with Crippen LogP contribution in [-0.2, 0) is 371 Å². The normalized spacial score (nSPS) is 8.62. The zero-order chi connectivity index (χ0) is 26.0. The second kappa shape index (κ2) is 35.4. The fourth-order valence-electron chi connectivity index (χ4n) is 3.38. The van der Waals surface area contributed by atoms with Gasteiger partial charge >= 0.3 is 6.18 Å². The van der Waals surface area contributed by atoms with E-state index in [4.69, 9.17) is 0 Å². The van der Waals surface area contributed by atoms with E-state index in [-0.39, 0.29) is 377 Å². The molecule has 1 amide bonds. The number of carboxylic acids is 1. The molecular weight excluding hydrogens is 1450 g/mol. The van der Waals surface area contributed by atoms with E-state index < -0.39 is 23.6 Å². The molecule has 22 heteroatoms. The van der Waals surface area contributed by atoms with Crippen LogP contribution in [0.25, 0.3) is 11.0 Å². The average molecular weight is 1470 g/mol. The Morgan fingerprint density at radius 1 is 0.830 bits per heavy atom. The van der Waals surface area contributed by atoms with Crippen molar-refractivity contribution in [3.05, 3.63) is 121 Å². The number of anilines is 1. The van der Waals surface area contributed by atoms with E-state index in [0.717, 1.165) is 30.7 Å². The topological polar surface area (TPSA) is 102 Å². The van der Waals surface area contributed by atoms with Crippen molar-refractivity contribution in [1.82, 2.24) is 14.4 Å². The maximum atomic E-state index is 12.7. The van der Waals surface area contributed by atoms with Crippen molar-refractivity contribution in [3.8, 4) is 0 Å². The van der Waals surface area contributed by atoms with Crippen molar-refractivity contribution in [1.29, 1.82) is 0 Å². The van der Waals surface area contributed by atoms with Crippen LogP contribution in [0.2, 0.25) is 0 Å². The van der Waals surface area contributed by atoms with Gasteiger partial charge in [0.25, 0.3) is 5.97 Å². The smallest absolute Gasteiger partial charge is 0.416 e. The van der Waals surface area contributed by atoms with Crippen molar-refractivity contribution in [2.75, 3.05) is 4.90 Å². The summed E-state index contributed by atoms with van der Waals surface area (Å²) in [5.41, 5.74) is 0.760. The molecule has 0 unspecified atom stereocenters. The van der Waals surface area contributed by atoms with Gasteiger partial charge in [0.2, 0.25) is 0 Å². The number of hydrogen-bond acceptors (Lipinski definition) is 5. The van der Waals surface area contributed by atoms with Crippen molar-refractivity contribution >= 4 is 29.0 Å². The summed E-state index contributed by atoms with van der Waals surface area (Å²) in [6, 6.07) is 10.3. The third-order valence-corrected chi connectivity index (χ3v) is 5.04. The van der Waals surface area contributed by atoms with E-state index in [1.165, 1.54) is 11.1 Å². The molecule has 0 spiro atoms. The summed E-state index contributed by atoms with van der Waals surface area (Å²) in [5, 5.41) is 13.2. The Morgan fingerprint density at radius 3 is 1.79 bits per heavy atom. The molecule has 0 bridgehead atoms. The summed E-state index contributed by atoms with van der Waals surface area (Å²) in [6.45, 7) is 0. The summed E-state index contributed by atoms with van der Waals surface area (Å²) >= 11 is 0. The third-order valence-electron chi connectivity index (χ3n) is 5.04. The molecule has 2 heterocycles. The number of nitrogens with zero attached hydrogens (tertiary/aromatic N) is 5. The number of carbonyl (C=O) groups is 2. The molecule has 47 heavy (non-hydrogen) atoms. The first-order valence-electron chi connectivity index (χ1n) is 10.3. The average Bonchev–Trinajstić information content (AvgIpc) is 3.31. The Hall–Kier alpha value is 7.47. The van der Waals surface area contributed by atoms with E-state index in [2.05, 4.69) is 29.4 Å². The Balaban J connectivity index is -0.000000230. The molecule has 0 saturated heterocycles. The molecule has 8 nitrogen and oxygen atoms in total. The summed E-state index contributed by atoms with van der Waals surface area (Å²) in [4.78, 5) is 33.5. The van der Waals surface area contributed by atoms with Crippen LogP contribution in [0.1, 0.15) is 32.9 Å². The van der Waals surface area contributed by atoms with Gasteiger partial charge in [-0.2, -0.15) is 36.6 Å². The van der Waals surface area contributed by atoms with E-state index in [9.17, 15) is 27.9 Å². The first-order valence-corrected chi connectivity index (χ1v) is 10.3. The van der Waals surface area contributed by atoms with E-state index >= 15 is 0 Å². The number of aromatic nitrogens is 3. The number of amides is 1. The van der Waals surface area contributed by atoms with Crippen molar-refractivity contribution in [3.63, 3.8) is 0 Å². The molecule has 2 aromatic heterocycles. The summed E-state index contributed by atoms with van der Waals surface area (Å²) in [5.74, 6) is -1.23. The van der Waals surface area contributed by atoms with Gasteiger partial charge < -0.3 is 43.6 Å². The molecule has 0 fully saturated rings. The van der Waals surface area contributed by atoms with Gasteiger partial charge in [-0.15, -0.1) is 24.1 Å². The molecule has 0 aliphatic carbocycles. The van der Waals surface area contributed by atoms with Crippen LogP contribution < -0.4 is 4.90 Å². The zero-order valence-electron chi connectivity index (χ0n) is 24.8. The number of benzene rings is 2. The van der Waals surface area contributed by atoms with Crippen molar-refractivity contribution in [2.45, 2.75) is 6.18 Å². The number of rotatable bonds is 7. The summed E-state index contributed by atoms with van der Waals surface area (Å²) in [6.07, 6.45) is 1.32. The van der Waals surface area contributed by atoms with Crippen molar-refractivity contribution < 1.29 is 388 Å². The van der Waals surface area contributed by atoms with Gasteiger partial charge in [0.1, 0.15) is 0 Å². The molecule has 0 aliphatic rings. The van der Waals surface area contributed by atoms with Crippen LogP contribution in [0.5, 0.6) is 0 Å². The van der Waals surface area contributed by atoms with Crippen LogP contribution >= 0.6 is 0 Å². The molecule has 11 radical (unpaired) electrons. The van der Waals surface area contributed by atoms with Gasteiger partial charge in [-0.3, -0.25) is 9.78 Å². The maximum absolute atomic E-state index is 12.7. The van der Waals surface area contributed by atoms with Crippen molar-refractivity contribution in [2.24, 2.45) is 0 Å². The van der Waals surface area contributed by atoms with Gasteiger partial charge in [0.05, 0.1) is 17.3 Å². The molecule has 219 valence electrons. The number of aliphatic carboxylic acids is 1. The molecule has 0 atom stereocenters. The predicted molar refractivity (Wildman–Crippen MR) is 125 cm³/mol. The SMILES string of the molecule is [CH2-]N([CH2-])c1nc([CH-]c2ccc([N-]C(=O)c3ccc(C(F)(F)F)cc3)cc2)n2ccnc2c1[CH-]C(=O)O.[Y].[Y].[Y].[Y].[Y].[Y].[Y].[Y].[Y].[Y].[Y]. The van der Waals surface area contributed by atoms with E-state index in [1.54, 1.807) is 41.3 Å². The van der Waals surface area contributed by atoms with Crippen LogP contribution in [0.4, 0.5) is 24.7 Å². The minimum Gasteiger partial charge on any atom is -0.710 e. The minimum absolute atomic E-state index is 0. The number of fused-ring (bicyclic) bond motifs is 1. The molecule has 1 N–H and O–H groups in total. The van der Waals surface area contributed by atoms with Crippen LogP contribution in [0.15, 0.2) is 60.9 Å². The number of halogens is 3. The van der Waals surface area contributed by atoms with Gasteiger partial charge in [-0.1, -0.05) is 18.6 Å². The molecule has 0 aliphatic heterocycles. The first kappa shape index (κ1) is 72.1. The van der Waals surface area contributed by atoms with Crippen LogP contribution in [0, 0.1) is 26.9 Å². The fourth-order valence-corrected chi connectivity index (χ4v) is 3.38. The van der Waals surface area contributed by atoms with Gasteiger partial charge in [0.15, 0.2) is 0 Å². The quantitative estimate of drug-likeness (QED) is 0.256. The Kier molecular flexibility index (Phi) is 54.3. The first-order chi connectivity index (χ1) is 17.0. The standard InChI is InChI=1S/C25H18F3N5O3.11Y/c1-32(2)23-19(14-21(34)35)22-29-11-12-33(22)20(31-23)13-15-3-9-18(10-4-15)30-24(36)16-5-7-17(8-6-16)25(26,27)28;;;;;;;;;;;/h3-14H,1-2H2,(H2,30,34,35,36);;;;;;;;;;;/q-4;;;;;;;;;;;/p-1. The molecule has 2 aromatic carbocycles. The fraction of sp³-hybridized carbons (Fsp3) is 0.0400. The third kappa shape index (κ3) is 22.4.